The molecule has 1 fully saturated rings. The quantitative estimate of drug-likeness (QED) is 0.383. The molecule has 4 unspecified atom stereocenters. The molecule has 2 heterocycles. The molecule has 2 N–H and O–H groups in total. The molecule has 10 nitrogen and oxygen atoms in total. The van der Waals surface area contributed by atoms with Crippen LogP contribution in [0.25, 0.3) is 0 Å². The highest BCUT2D eigenvalue weighted by Crippen LogP contribution is 2.54. The van der Waals surface area contributed by atoms with Crippen LogP contribution in [0.5, 0.6) is 5.75 Å². The Balaban J connectivity index is 1.98. The number of Topliss-reactive ketones (excluding diaryl/α,β-unsaturated/α-hetero) is 1. The third-order valence-corrected chi connectivity index (χ3v) is 6.47. The monoisotopic (exact) mass is 469 g/mol. The van der Waals surface area contributed by atoms with Crippen LogP contribution in [0, 0.1) is 38.2 Å². The van der Waals surface area contributed by atoms with Crippen LogP contribution in [0.15, 0.2) is 72.5 Å². The summed E-state index contributed by atoms with van der Waals surface area (Å²) in [4.78, 5) is 39.2. The van der Waals surface area contributed by atoms with Gasteiger partial charge in [0.25, 0.3) is 5.69 Å². The van der Waals surface area contributed by atoms with E-state index in [2.05, 4.69) is 0 Å². The van der Waals surface area contributed by atoms with Gasteiger partial charge in [-0.3, -0.25) is 19.7 Å². The van der Waals surface area contributed by atoms with Crippen LogP contribution >= 0.6 is 0 Å². The second kappa shape index (κ2) is 8.76. The molecule has 1 amide bonds. The summed E-state index contributed by atoms with van der Waals surface area (Å²) in [7, 11) is 1.49. The van der Waals surface area contributed by atoms with E-state index in [4.69, 9.17) is 10.5 Å². The van der Waals surface area contributed by atoms with Crippen LogP contribution in [-0.4, -0.2) is 40.7 Å². The number of hydrogen-bond donors (Lipinski definition) is 1. The van der Waals surface area contributed by atoms with Gasteiger partial charge in [0, 0.05) is 29.8 Å². The molecule has 174 valence electrons. The summed E-state index contributed by atoms with van der Waals surface area (Å²) in [6.45, 7) is 0. The van der Waals surface area contributed by atoms with Crippen LogP contribution in [0.3, 0.4) is 0 Å². The van der Waals surface area contributed by atoms with Gasteiger partial charge in [0.05, 0.1) is 29.7 Å². The van der Waals surface area contributed by atoms with Gasteiger partial charge in [-0.05, 0) is 35.9 Å². The van der Waals surface area contributed by atoms with Gasteiger partial charge < -0.3 is 15.4 Å². The number of primary amides is 1. The first-order valence-corrected chi connectivity index (χ1v) is 10.5. The van der Waals surface area contributed by atoms with E-state index in [0.29, 0.717) is 5.75 Å². The molecule has 2 aromatic rings. The number of nitrogens with zero attached hydrogens (tertiary/aromatic N) is 4. The lowest BCUT2D eigenvalue weighted by molar-refractivity contribution is -0.384. The van der Waals surface area contributed by atoms with Crippen LogP contribution in [0.2, 0.25) is 0 Å². The number of hydrogen-bond acceptors (Lipinski definition) is 8. The van der Waals surface area contributed by atoms with E-state index in [1.807, 2.05) is 12.1 Å². The first-order chi connectivity index (χ1) is 16.8. The first-order valence-electron chi connectivity index (χ1n) is 10.5. The normalized spacial score (nSPS) is 24.5. The summed E-state index contributed by atoms with van der Waals surface area (Å²) in [5.41, 5.74) is 4.32. The molecular weight excluding hydrogens is 450 g/mol. The average molecular weight is 469 g/mol. The summed E-state index contributed by atoms with van der Waals surface area (Å²) in [6, 6.07) is 13.7. The van der Waals surface area contributed by atoms with Gasteiger partial charge in [0.15, 0.2) is 11.2 Å². The molecule has 35 heavy (non-hydrogen) atoms. The predicted molar refractivity (Wildman–Crippen MR) is 123 cm³/mol. The van der Waals surface area contributed by atoms with Gasteiger partial charge in [0.1, 0.15) is 17.9 Å². The minimum absolute atomic E-state index is 0.213. The number of allylic oxidation sites excluding steroid dienone is 2. The fourth-order valence-electron chi connectivity index (χ4n) is 4.87. The van der Waals surface area contributed by atoms with E-state index >= 15 is 0 Å². The van der Waals surface area contributed by atoms with Crippen molar-refractivity contribution in [2.24, 2.45) is 11.1 Å². The van der Waals surface area contributed by atoms with Gasteiger partial charge in [0.2, 0.25) is 5.91 Å². The van der Waals surface area contributed by atoms with Gasteiger partial charge in [-0.15, -0.1) is 0 Å². The molecule has 0 aliphatic carbocycles. The average Bonchev–Trinajstić information content (AvgIpc) is 3.18. The molecule has 1 saturated heterocycles. The predicted octanol–water partition coefficient (Wildman–Crippen LogP) is 2.60. The smallest absolute Gasteiger partial charge is 0.269 e. The Labute approximate surface area is 200 Å². The van der Waals surface area contributed by atoms with Gasteiger partial charge in [-0.2, -0.15) is 10.5 Å². The van der Waals surface area contributed by atoms with E-state index in [0.717, 1.165) is 0 Å². The lowest BCUT2D eigenvalue weighted by Crippen LogP contribution is -2.47. The van der Waals surface area contributed by atoms with Crippen molar-refractivity contribution in [2.45, 2.75) is 18.0 Å². The van der Waals surface area contributed by atoms with Crippen molar-refractivity contribution in [1.29, 1.82) is 10.5 Å². The Morgan fingerprint density at radius 3 is 2.49 bits per heavy atom. The molecule has 4 atom stereocenters. The second-order valence-electron chi connectivity index (χ2n) is 8.16. The highest BCUT2D eigenvalue weighted by atomic mass is 16.6. The molecule has 0 saturated carbocycles. The second-order valence-corrected chi connectivity index (χ2v) is 8.16. The first kappa shape index (κ1) is 23.2. The number of non-ortho nitro benzene ring substituents is 1. The standard InChI is InChI=1S/C25H19N5O5/c1-35-19-8-6-16(7-9-19)23(31)22-21(17-3-2-4-18(11-17)30(33)34)25(14-27,24(28)32)20-10-5-15(12-26)13-29(20)22/h2-11,13,20-22H,1H3,(H2,28,32). The zero-order valence-electron chi connectivity index (χ0n) is 18.5. The SMILES string of the molecule is COc1ccc(C(=O)C2C(c3cccc([N+](=O)[O-])c3)C(C#N)(C(N)=O)C3C=CC(C#N)=CN23)cc1. The lowest BCUT2D eigenvalue weighted by Gasteiger charge is -2.31. The number of carbonyl (C=O) groups is 2. The highest BCUT2D eigenvalue weighted by Gasteiger charge is 2.65. The van der Waals surface area contributed by atoms with Crippen molar-refractivity contribution < 1.29 is 19.2 Å². The fraction of sp³-hybridized carbons (Fsp3) is 0.200. The lowest BCUT2D eigenvalue weighted by atomic mass is 9.67. The summed E-state index contributed by atoms with van der Waals surface area (Å²) >= 11 is 0. The number of nitriles is 2. The van der Waals surface area contributed by atoms with Crippen LogP contribution in [-0.2, 0) is 4.79 Å². The van der Waals surface area contributed by atoms with Crippen molar-refractivity contribution in [2.75, 3.05) is 7.11 Å². The molecule has 2 aromatic carbocycles. The minimum atomic E-state index is -1.95. The number of nitro groups is 1. The number of fused-ring (bicyclic) bond motifs is 1. The van der Waals surface area contributed by atoms with Crippen molar-refractivity contribution in [3.05, 3.63) is 93.7 Å². The number of rotatable bonds is 6. The summed E-state index contributed by atoms with van der Waals surface area (Å²) < 4.78 is 5.15. The zero-order chi connectivity index (χ0) is 25.3. The summed E-state index contributed by atoms with van der Waals surface area (Å²) in [5.74, 6) is -2.06. The topological polar surface area (TPSA) is 163 Å². The number of nitrogens with two attached hydrogens (primary N) is 1. The Kier molecular flexibility index (Phi) is 5.81. The number of carbonyl (C=O) groups excluding carboxylic acids is 2. The van der Waals surface area contributed by atoms with Gasteiger partial charge in [-0.1, -0.05) is 18.2 Å². The third-order valence-electron chi connectivity index (χ3n) is 6.47. The van der Waals surface area contributed by atoms with E-state index in [9.17, 15) is 30.2 Å². The molecule has 0 bridgehead atoms. The minimum Gasteiger partial charge on any atom is -0.497 e. The molecule has 0 radical (unpaired) electrons. The summed E-state index contributed by atoms with van der Waals surface area (Å²) in [6.07, 6.45) is 4.38. The van der Waals surface area contributed by atoms with E-state index in [-0.39, 0.29) is 22.4 Å². The number of ketones is 1. The van der Waals surface area contributed by atoms with E-state index < -0.39 is 40.0 Å². The van der Waals surface area contributed by atoms with Crippen molar-refractivity contribution in [1.82, 2.24) is 4.90 Å². The van der Waals surface area contributed by atoms with Crippen LogP contribution in [0.1, 0.15) is 21.8 Å². The number of nitro benzene ring substituents is 1. The maximum Gasteiger partial charge on any atom is 0.269 e. The van der Waals surface area contributed by atoms with E-state index in [1.165, 1.54) is 54.6 Å². The number of amides is 1. The number of methoxy groups -OCH3 is 1. The molecule has 0 aromatic heterocycles. The maximum atomic E-state index is 13.9. The number of ether oxygens (including phenoxy) is 1. The van der Waals surface area contributed by atoms with Crippen LogP contribution < -0.4 is 10.5 Å². The molecule has 4 rings (SSSR count). The molecule has 10 heteroatoms. The largest absolute Gasteiger partial charge is 0.497 e. The Morgan fingerprint density at radius 2 is 1.91 bits per heavy atom. The molecule has 2 aliphatic heterocycles. The zero-order valence-corrected chi connectivity index (χ0v) is 18.5. The fourth-order valence-corrected chi connectivity index (χ4v) is 4.87. The van der Waals surface area contributed by atoms with Crippen molar-refractivity contribution >= 4 is 17.4 Å². The summed E-state index contributed by atoms with van der Waals surface area (Å²) in [5, 5.41) is 31.3. The number of benzene rings is 2. The molecular formula is C25H19N5O5. The van der Waals surface area contributed by atoms with E-state index in [1.54, 1.807) is 24.3 Å². The van der Waals surface area contributed by atoms with Crippen molar-refractivity contribution in [3.63, 3.8) is 0 Å². The third kappa shape index (κ3) is 3.58. The molecule has 2 aliphatic rings. The Morgan fingerprint density at radius 1 is 1.20 bits per heavy atom. The highest BCUT2D eigenvalue weighted by molar-refractivity contribution is 6.03. The van der Waals surface area contributed by atoms with Crippen molar-refractivity contribution in [3.8, 4) is 17.9 Å². The maximum absolute atomic E-state index is 13.9. The Bertz CT molecular complexity index is 1370. The van der Waals surface area contributed by atoms with Crippen LogP contribution in [0.4, 0.5) is 5.69 Å². The Hall–Kier alpha value is -4.96. The van der Waals surface area contributed by atoms with Gasteiger partial charge >= 0.3 is 0 Å². The molecule has 0 spiro atoms. The van der Waals surface area contributed by atoms with Gasteiger partial charge in [-0.25, -0.2) is 0 Å².